The van der Waals surface area contributed by atoms with E-state index in [2.05, 4.69) is 81.3 Å². The van der Waals surface area contributed by atoms with Gasteiger partial charge in [-0.05, 0) is 122 Å². The van der Waals surface area contributed by atoms with Crippen molar-refractivity contribution in [1.29, 1.82) is 0 Å². The van der Waals surface area contributed by atoms with E-state index < -0.39 is 0 Å². The molecule has 0 unspecified atom stereocenters. The molecule has 0 spiro atoms. The van der Waals surface area contributed by atoms with Gasteiger partial charge in [0.05, 0.1) is 30.4 Å². The minimum atomic E-state index is -0.212. The molecule has 0 saturated carbocycles. The molecule has 4 aromatic carbocycles. The summed E-state index contributed by atoms with van der Waals surface area (Å²) in [5, 5.41) is 3.71. The van der Waals surface area contributed by atoms with Crippen molar-refractivity contribution in [3.8, 4) is 5.75 Å². The van der Waals surface area contributed by atoms with Crippen LogP contribution in [0.25, 0.3) is 16.6 Å². The lowest BCUT2D eigenvalue weighted by atomic mass is 9.89. The molecule has 1 aliphatic carbocycles. The molecule has 2 fully saturated rings. The number of hydrogen-bond acceptors (Lipinski definition) is 6. The zero-order chi connectivity index (χ0) is 38.3. The molecule has 9 rings (SSSR count). The Morgan fingerprint density at radius 3 is 2.23 bits per heavy atom. The van der Waals surface area contributed by atoms with Gasteiger partial charge in [0.2, 0.25) is 5.95 Å². The summed E-state index contributed by atoms with van der Waals surface area (Å²) in [5.74, 6) is 1.58. The summed E-state index contributed by atoms with van der Waals surface area (Å²) in [7, 11) is 3.92. The predicted octanol–water partition coefficient (Wildman–Crippen LogP) is 9.06. The van der Waals surface area contributed by atoms with Crippen molar-refractivity contribution in [2.45, 2.75) is 57.5 Å². The number of nitrogens with one attached hydrogen (secondary N) is 1. The molecule has 2 aromatic heterocycles. The van der Waals surface area contributed by atoms with E-state index in [1.165, 1.54) is 45.7 Å². The maximum atomic E-state index is 13.4. The summed E-state index contributed by atoms with van der Waals surface area (Å²) >= 11 is 0. The molecule has 3 aliphatic rings. The number of pyridine rings is 1. The molecule has 1 N–H and O–H groups in total. The molecular formula is C48H53FN6O. The second-order valence-corrected chi connectivity index (χ2v) is 15.4. The van der Waals surface area contributed by atoms with E-state index >= 15 is 0 Å². The number of imidazole rings is 1. The standard InChI is InChI=1S/C28H31FN4O.C20H22N2/c1-34-25-12-8-21(9-13-25)14-17-32-18-15-24(16-19-32)30-28-31-26-4-2-3-5-27(26)33(28)20-22-6-10-23(29)11-7-22;1-22-13-10-16(11-14-22)19-18-7-3-2-5-15(18)8-9-17-6-4-12-21-20(17)19/h2-13,24H,14-20H2,1H3,(H,30,31);2-7,12H,8-11,13-14H2,1H3. The molecule has 0 amide bonds. The number of methoxy groups -OCH3 is 1. The Hall–Kier alpha value is -5.31. The van der Waals surface area contributed by atoms with Gasteiger partial charge < -0.3 is 24.4 Å². The molecule has 7 nitrogen and oxygen atoms in total. The number of anilines is 1. The molecule has 0 atom stereocenters. The van der Waals surface area contributed by atoms with Crippen molar-refractivity contribution < 1.29 is 9.13 Å². The van der Waals surface area contributed by atoms with Crippen LogP contribution in [0.5, 0.6) is 5.75 Å². The van der Waals surface area contributed by atoms with Gasteiger partial charge in [-0.15, -0.1) is 0 Å². The minimum absolute atomic E-state index is 0.212. The SMILES string of the molecule is CN1CCC(=C2c3ccccc3CCc3cccnc32)CC1.COc1ccc(CCN2CCC(Nc3nc4ccccc4n3Cc3ccc(F)cc3)CC2)cc1. The van der Waals surface area contributed by atoms with Gasteiger partial charge in [0.1, 0.15) is 11.6 Å². The highest BCUT2D eigenvalue weighted by atomic mass is 19.1. The van der Waals surface area contributed by atoms with Crippen molar-refractivity contribution in [3.63, 3.8) is 0 Å². The molecule has 0 radical (unpaired) electrons. The van der Waals surface area contributed by atoms with Crippen LogP contribution >= 0.6 is 0 Å². The molecule has 0 bridgehead atoms. The fourth-order valence-electron chi connectivity index (χ4n) is 8.42. The van der Waals surface area contributed by atoms with Crippen LogP contribution in [0.1, 0.15) is 59.2 Å². The van der Waals surface area contributed by atoms with Gasteiger partial charge in [0.15, 0.2) is 0 Å². The number of ether oxygens (including phenoxy) is 1. The van der Waals surface area contributed by atoms with E-state index in [-0.39, 0.29) is 5.82 Å². The smallest absolute Gasteiger partial charge is 0.204 e. The fraction of sp³-hybridized carbons (Fsp3) is 0.333. The van der Waals surface area contributed by atoms with E-state index in [0.29, 0.717) is 12.6 Å². The highest BCUT2D eigenvalue weighted by Gasteiger charge is 2.24. The van der Waals surface area contributed by atoms with Crippen LogP contribution in [0, 0.1) is 5.82 Å². The van der Waals surface area contributed by atoms with Gasteiger partial charge in [-0.3, -0.25) is 4.98 Å². The van der Waals surface area contributed by atoms with Gasteiger partial charge in [-0.25, -0.2) is 9.37 Å². The maximum absolute atomic E-state index is 13.4. The van der Waals surface area contributed by atoms with Gasteiger partial charge >= 0.3 is 0 Å². The van der Waals surface area contributed by atoms with Crippen molar-refractivity contribution in [1.82, 2.24) is 24.3 Å². The Bertz CT molecular complexity index is 2200. The Morgan fingerprint density at radius 1 is 0.750 bits per heavy atom. The van der Waals surface area contributed by atoms with Crippen molar-refractivity contribution in [3.05, 3.63) is 160 Å². The van der Waals surface area contributed by atoms with Gasteiger partial charge in [0, 0.05) is 50.5 Å². The summed E-state index contributed by atoms with van der Waals surface area (Å²) in [6, 6.07) is 36.9. The molecular weight excluding hydrogens is 696 g/mol. The normalized spacial score (nSPS) is 16.4. The summed E-state index contributed by atoms with van der Waals surface area (Å²) in [4.78, 5) is 14.6. The molecule has 8 heteroatoms. The molecule has 56 heavy (non-hydrogen) atoms. The molecule has 288 valence electrons. The number of nitrogens with zero attached hydrogens (tertiary/aromatic N) is 5. The molecule has 2 saturated heterocycles. The van der Waals surface area contributed by atoms with Gasteiger partial charge in [0.25, 0.3) is 0 Å². The second kappa shape index (κ2) is 17.7. The number of halogens is 1. The molecule has 2 aliphatic heterocycles. The first-order chi connectivity index (χ1) is 27.5. The minimum Gasteiger partial charge on any atom is -0.497 e. The first-order valence-electron chi connectivity index (χ1n) is 20.3. The quantitative estimate of drug-likeness (QED) is 0.168. The predicted molar refractivity (Wildman–Crippen MR) is 226 cm³/mol. The second-order valence-electron chi connectivity index (χ2n) is 15.4. The number of fused-ring (bicyclic) bond motifs is 3. The Kier molecular flexibility index (Phi) is 11.9. The lowest BCUT2D eigenvalue weighted by Crippen LogP contribution is -2.40. The highest BCUT2D eigenvalue weighted by molar-refractivity contribution is 5.84. The number of likely N-dealkylation sites (tertiary alicyclic amines) is 2. The van der Waals surface area contributed by atoms with Crippen LogP contribution in [0.4, 0.5) is 10.3 Å². The number of para-hydroxylation sites is 2. The van der Waals surface area contributed by atoms with E-state index in [9.17, 15) is 4.39 Å². The van der Waals surface area contributed by atoms with E-state index in [1.807, 2.05) is 48.7 Å². The monoisotopic (exact) mass is 748 g/mol. The molecule has 6 aromatic rings. The van der Waals surface area contributed by atoms with Gasteiger partial charge in [-0.1, -0.05) is 72.3 Å². The number of hydrogen-bond donors (Lipinski definition) is 1. The zero-order valence-corrected chi connectivity index (χ0v) is 32.8. The van der Waals surface area contributed by atoms with Crippen LogP contribution in [-0.2, 0) is 25.8 Å². The summed E-state index contributed by atoms with van der Waals surface area (Å²) in [6.07, 6.45) is 9.71. The number of aromatic nitrogens is 3. The zero-order valence-electron chi connectivity index (χ0n) is 32.8. The Balaban J connectivity index is 0.000000172. The lowest BCUT2D eigenvalue weighted by Gasteiger charge is -2.32. The summed E-state index contributed by atoms with van der Waals surface area (Å²) in [5.41, 5.74) is 13.0. The van der Waals surface area contributed by atoms with Gasteiger partial charge in [-0.2, -0.15) is 0 Å². The number of piperidine rings is 2. The van der Waals surface area contributed by atoms with E-state index in [4.69, 9.17) is 14.7 Å². The number of aryl methyl sites for hydroxylation is 2. The Morgan fingerprint density at radius 2 is 1.45 bits per heavy atom. The first-order valence-corrected chi connectivity index (χ1v) is 20.3. The maximum Gasteiger partial charge on any atom is 0.204 e. The van der Waals surface area contributed by atoms with Crippen LogP contribution in [0.15, 0.2) is 121 Å². The third-order valence-electron chi connectivity index (χ3n) is 11.7. The third-order valence-corrected chi connectivity index (χ3v) is 11.7. The van der Waals surface area contributed by atoms with Crippen LogP contribution < -0.4 is 10.1 Å². The van der Waals surface area contributed by atoms with E-state index in [1.54, 1.807) is 12.7 Å². The average molecular weight is 749 g/mol. The van der Waals surface area contributed by atoms with E-state index in [0.717, 1.165) is 106 Å². The fourth-order valence-corrected chi connectivity index (χ4v) is 8.42. The lowest BCUT2D eigenvalue weighted by molar-refractivity contribution is 0.221. The number of rotatable bonds is 8. The topological polar surface area (TPSA) is 58.5 Å². The summed E-state index contributed by atoms with van der Waals surface area (Å²) < 4.78 is 20.8. The largest absolute Gasteiger partial charge is 0.497 e. The first kappa shape index (κ1) is 37.6. The van der Waals surface area contributed by atoms with Crippen LogP contribution in [0.3, 0.4) is 0 Å². The van der Waals surface area contributed by atoms with Crippen molar-refractivity contribution in [2.75, 3.05) is 52.2 Å². The Labute approximate surface area is 330 Å². The van der Waals surface area contributed by atoms with Crippen molar-refractivity contribution >= 4 is 22.6 Å². The van der Waals surface area contributed by atoms with Crippen molar-refractivity contribution in [2.24, 2.45) is 0 Å². The molecule has 4 heterocycles. The highest BCUT2D eigenvalue weighted by Crippen LogP contribution is 2.37. The summed E-state index contributed by atoms with van der Waals surface area (Å²) in [6.45, 7) is 6.19. The number of benzene rings is 4. The average Bonchev–Trinajstić information content (AvgIpc) is 3.48. The van der Waals surface area contributed by atoms with Crippen LogP contribution in [-0.4, -0.2) is 77.3 Å². The third kappa shape index (κ3) is 8.88. The van der Waals surface area contributed by atoms with Crippen LogP contribution in [0.2, 0.25) is 0 Å².